The Bertz CT molecular complexity index is 363. The second kappa shape index (κ2) is 5.61. The summed E-state index contributed by atoms with van der Waals surface area (Å²) in [6.07, 6.45) is 1.12. The molecule has 94 valence electrons. The van der Waals surface area contributed by atoms with E-state index in [4.69, 9.17) is 4.74 Å². The highest BCUT2D eigenvalue weighted by atomic mass is 19.1. The third kappa shape index (κ3) is 3.27. The van der Waals surface area contributed by atoms with Gasteiger partial charge in [-0.1, -0.05) is 12.1 Å². The predicted octanol–water partition coefficient (Wildman–Crippen LogP) is 2.90. The van der Waals surface area contributed by atoms with Crippen LogP contribution in [0.15, 0.2) is 24.3 Å². The molecule has 0 saturated carbocycles. The second-order valence-electron chi connectivity index (χ2n) is 4.86. The van der Waals surface area contributed by atoms with E-state index in [0.717, 1.165) is 25.2 Å². The molecule has 1 fully saturated rings. The lowest BCUT2D eigenvalue weighted by Crippen LogP contribution is -2.35. The first-order chi connectivity index (χ1) is 8.16. The average molecular weight is 237 g/mol. The van der Waals surface area contributed by atoms with Crippen molar-refractivity contribution in [3.63, 3.8) is 0 Å². The van der Waals surface area contributed by atoms with Crippen LogP contribution in [0.2, 0.25) is 0 Å². The average Bonchev–Trinajstić information content (AvgIpc) is 2.82. The molecule has 3 heteroatoms. The van der Waals surface area contributed by atoms with Crippen molar-refractivity contribution in [2.24, 2.45) is 5.92 Å². The summed E-state index contributed by atoms with van der Waals surface area (Å²) in [5.74, 6) is 0.402. The smallest absolute Gasteiger partial charge is 0.123 e. The maximum Gasteiger partial charge on any atom is 0.123 e. The monoisotopic (exact) mass is 237 g/mol. The van der Waals surface area contributed by atoms with E-state index in [1.54, 1.807) is 12.1 Å². The summed E-state index contributed by atoms with van der Waals surface area (Å²) in [7, 11) is 0. The minimum Gasteiger partial charge on any atom is -0.381 e. The van der Waals surface area contributed by atoms with Crippen LogP contribution in [-0.4, -0.2) is 19.3 Å². The van der Waals surface area contributed by atoms with Gasteiger partial charge < -0.3 is 10.1 Å². The molecule has 1 aliphatic heterocycles. The molecule has 2 rings (SSSR count). The molecule has 1 saturated heterocycles. The number of hydrogen-bond donors (Lipinski definition) is 1. The Hall–Kier alpha value is -0.930. The second-order valence-corrected chi connectivity index (χ2v) is 4.86. The van der Waals surface area contributed by atoms with Crippen LogP contribution in [-0.2, 0) is 4.74 Å². The maximum atomic E-state index is 13.1. The highest BCUT2D eigenvalue weighted by molar-refractivity contribution is 5.19. The first kappa shape index (κ1) is 12.5. The standard InChI is InChI=1S/C14H20FNO/c1-10(12-4-3-5-14(15)8-12)16-11(2)13-6-7-17-9-13/h3-5,8,10-11,13,16H,6-7,9H2,1-2H3/t10-,11?,13?/m0/s1. The Morgan fingerprint density at radius 1 is 1.41 bits per heavy atom. The number of benzene rings is 1. The van der Waals surface area contributed by atoms with Crippen molar-refractivity contribution in [2.75, 3.05) is 13.2 Å². The van der Waals surface area contributed by atoms with Crippen molar-refractivity contribution >= 4 is 0 Å². The molecule has 2 unspecified atom stereocenters. The number of halogens is 1. The zero-order valence-corrected chi connectivity index (χ0v) is 10.4. The zero-order valence-electron chi connectivity index (χ0n) is 10.4. The van der Waals surface area contributed by atoms with Crippen LogP contribution in [0.5, 0.6) is 0 Å². The Kier molecular flexibility index (Phi) is 4.13. The van der Waals surface area contributed by atoms with Crippen molar-refractivity contribution in [3.05, 3.63) is 35.6 Å². The molecular weight excluding hydrogens is 217 g/mol. The fourth-order valence-electron chi connectivity index (χ4n) is 2.35. The van der Waals surface area contributed by atoms with Crippen molar-refractivity contribution in [2.45, 2.75) is 32.4 Å². The van der Waals surface area contributed by atoms with Crippen molar-refractivity contribution in [1.29, 1.82) is 0 Å². The van der Waals surface area contributed by atoms with Gasteiger partial charge in [0.05, 0.1) is 6.61 Å². The molecule has 17 heavy (non-hydrogen) atoms. The van der Waals surface area contributed by atoms with Crippen LogP contribution in [0.1, 0.15) is 31.9 Å². The minimum atomic E-state index is -0.173. The fourth-order valence-corrected chi connectivity index (χ4v) is 2.35. The van der Waals surface area contributed by atoms with E-state index in [0.29, 0.717) is 12.0 Å². The lowest BCUT2D eigenvalue weighted by Gasteiger charge is -2.24. The van der Waals surface area contributed by atoms with E-state index >= 15 is 0 Å². The molecule has 0 radical (unpaired) electrons. The lowest BCUT2D eigenvalue weighted by atomic mass is 9.98. The predicted molar refractivity (Wildman–Crippen MR) is 66.3 cm³/mol. The molecule has 0 aliphatic carbocycles. The number of hydrogen-bond acceptors (Lipinski definition) is 2. The van der Waals surface area contributed by atoms with Crippen LogP contribution in [0.4, 0.5) is 4.39 Å². The summed E-state index contributed by atoms with van der Waals surface area (Å²) in [5.41, 5.74) is 0.996. The van der Waals surface area contributed by atoms with Gasteiger partial charge in [-0.3, -0.25) is 0 Å². The minimum absolute atomic E-state index is 0.168. The molecule has 1 aromatic carbocycles. The fraction of sp³-hybridized carbons (Fsp3) is 0.571. The normalized spacial score (nSPS) is 23.6. The number of rotatable bonds is 4. The molecule has 2 nitrogen and oxygen atoms in total. The van der Waals surface area contributed by atoms with Crippen LogP contribution in [0.25, 0.3) is 0 Å². The molecule has 0 aromatic heterocycles. The van der Waals surface area contributed by atoms with Gasteiger partial charge in [0.15, 0.2) is 0 Å². The van der Waals surface area contributed by atoms with Gasteiger partial charge in [-0.25, -0.2) is 4.39 Å². The SMILES string of the molecule is CC(N[C@@H](C)c1cccc(F)c1)C1CCOC1. The van der Waals surface area contributed by atoms with Crippen LogP contribution >= 0.6 is 0 Å². The van der Waals surface area contributed by atoms with E-state index in [1.165, 1.54) is 6.07 Å². The summed E-state index contributed by atoms with van der Waals surface area (Å²) in [6, 6.07) is 7.35. The van der Waals surface area contributed by atoms with E-state index in [9.17, 15) is 4.39 Å². The van der Waals surface area contributed by atoms with Gasteiger partial charge in [-0.05, 0) is 43.9 Å². The molecule has 1 aliphatic rings. The zero-order chi connectivity index (χ0) is 12.3. The summed E-state index contributed by atoms with van der Waals surface area (Å²) >= 11 is 0. The molecule has 0 bridgehead atoms. The van der Waals surface area contributed by atoms with Crippen LogP contribution < -0.4 is 5.32 Å². The van der Waals surface area contributed by atoms with E-state index in [2.05, 4.69) is 19.2 Å². The Morgan fingerprint density at radius 2 is 2.24 bits per heavy atom. The van der Waals surface area contributed by atoms with E-state index in [-0.39, 0.29) is 11.9 Å². The van der Waals surface area contributed by atoms with Crippen molar-refractivity contribution in [3.8, 4) is 0 Å². The van der Waals surface area contributed by atoms with Crippen molar-refractivity contribution < 1.29 is 9.13 Å². The summed E-state index contributed by atoms with van der Waals surface area (Å²) in [5, 5.41) is 3.52. The van der Waals surface area contributed by atoms with Gasteiger partial charge in [0.2, 0.25) is 0 Å². The molecule has 1 aromatic rings. The van der Waals surface area contributed by atoms with E-state index < -0.39 is 0 Å². The Balaban J connectivity index is 1.93. The molecule has 0 amide bonds. The Labute approximate surface area is 102 Å². The number of nitrogens with one attached hydrogen (secondary N) is 1. The van der Waals surface area contributed by atoms with Gasteiger partial charge >= 0.3 is 0 Å². The number of ether oxygens (including phenoxy) is 1. The summed E-state index contributed by atoms with van der Waals surface area (Å²) in [6.45, 7) is 5.95. The van der Waals surface area contributed by atoms with Gasteiger partial charge in [0.1, 0.15) is 5.82 Å². The van der Waals surface area contributed by atoms with Crippen LogP contribution in [0.3, 0.4) is 0 Å². The third-order valence-corrected chi connectivity index (χ3v) is 3.53. The lowest BCUT2D eigenvalue weighted by molar-refractivity contribution is 0.177. The van der Waals surface area contributed by atoms with Gasteiger partial charge in [0, 0.05) is 18.7 Å². The molecule has 1 heterocycles. The Morgan fingerprint density at radius 3 is 2.88 bits per heavy atom. The highest BCUT2D eigenvalue weighted by Crippen LogP contribution is 2.20. The molecule has 0 spiro atoms. The first-order valence-electron chi connectivity index (χ1n) is 6.26. The van der Waals surface area contributed by atoms with E-state index in [1.807, 2.05) is 6.07 Å². The first-order valence-corrected chi connectivity index (χ1v) is 6.26. The van der Waals surface area contributed by atoms with Gasteiger partial charge in [0.25, 0.3) is 0 Å². The van der Waals surface area contributed by atoms with Crippen molar-refractivity contribution in [1.82, 2.24) is 5.32 Å². The maximum absolute atomic E-state index is 13.1. The highest BCUT2D eigenvalue weighted by Gasteiger charge is 2.23. The summed E-state index contributed by atoms with van der Waals surface area (Å²) in [4.78, 5) is 0. The van der Waals surface area contributed by atoms with Gasteiger partial charge in [-0.15, -0.1) is 0 Å². The van der Waals surface area contributed by atoms with Crippen LogP contribution in [0, 0.1) is 11.7 Å². The van der Waals surface area contributed by atoms with Gasteiger partial charge in [-0.2, -0.15) is 0 Å². The quantitative estimate of drug-likeness (QED) is 0.869. The molecular formula is C14H20FNO. The molecule has 3 atom stereocenters. The summed E-state index contributed by atoms with van der Waals surface area (Å²) < 4.78 is 18.5. The largest absolute Gasteiger partial charge is 0.381 e. The third-order valence-electron chi connectivity index (χ3n) is 3.53. The molecule has 1 N–H and O–H groups in total. The topological polar surface area (TPSA) is 21.3 Å².